The van der Waals surface area contributed by atoms with Gasteiger partial charge >= 0.3 is 0 Å². The Balaban J connectivity index is 2.64. The van der Waals surface area contributed by atoms with Crippen molar-refractivity contribution in [3.05, 3.63) is 39.5 Å². The minimum atomic E-state index is 0.166. The van der Waals surface area contributed by atoms with Gasteiger partial charge in [0, 0.05) is 16.8 Å². The Morgan fingerprint density at radius 3 is 2.25 bits per heavy atom. The molecule has 0 amide bonds. The molecule has 16 heavy (non-hydrogen) atoms. The summed E-state index contributed by atoms with van der Waals surface area (Å²) in [6.07, 6.45) is 1.54. The van der Waals surface area contributed by atoms with Crippen molar-refractivity contribution in [1.29, 1.82) is 0 Å². The molecule has 2 rings (SSSR count). The van der Waals surface area contributed by atoms with Crippen LogP contribution in [-0.2, 0) is 0 Å². The number of nitrogen functional groups attached to an aromatic ring is 1. The van der Waals surface area contributed by atoms with Crippen LogP contribution in [-0.4, -0.2) is 9.97 Å². The smallest absolute Gasteiger partial charge is 0.220 e. The summed E-state index contributed by atoms with van der Waals surface area (Å²) in [6.45, 7) is 0. The fourth-order valence-corrected chi connectivity index (χ4v) is 2.31. The van der Waals surface area contributed by atoms with E-state index in [1.54, 1.807) is 24.4 Å². The Kier molecular flexibility index (Phi) is 3.19. The number of anilines is 1. The Bertz CT molecular complexity index is 520. The van der Waals surface area contributed by atoms with Crippen LogP contribution in [0.1, 0.15) is 0 Å². The molecule has 0 aliphatic rings. The number of hydrogen-bond acceptors (Lipinski definition) is 3. The molecule has 0 fully saturated rings. The Labute approximate surface area is 107 Å². The van der Waals surface area contributed by atoms with Crippen molar-refractivity contribution in [3.63, 3.8) is 0 Å². The zero-order chi connectivity index (χ0) is 11.7. The van der Waals surface area contributed by atoms with Gasteiger partial charge in [-0.25, -0.2) is 9.97 Å². The number of aromatic nitrogens is 2. The molecule has 6 heteroatoms. The molecule has 0 saturated heterocycles. The van der Waals surface area contributed by atoms with Gasteiger partial charge in [-0.05, 0) is 18.2 Å². The highest BCUT2D eigenvalue weighted by Gasteiger charge is 2.11. The van der Waals surface area contributed by atoms with Crippen LogP contribution in [0.25, 0.3) is 11.3 Å². The molecule has 2 aromatic rings. The van der Waals surface area contributed by atoms with E-state index in [-0.39, 0.29) is 5.95 Å². The van der Waals surface area contributed by atoms with E-state index < -0.39 is 0 Å². The molecule has 1 aromatic carbocycles. The van der Waals surface area contributed by atoms with Gasteiger partial charge in [0.05, 0.1) is 15.7 Å². The highest BCUT2D eigenvalue weighted by molar-refractivity contribution is 6.41. The topological polar surface area (TPSA) is 51.8 Å². The van der Waals surface area contributed by atoms with Crippen molar-refractivity contribution in [2.24, 2.45) is 0 Å². The highest BCUT2D eigenvalue weighted by Crippen LogP contribution is 2.36. The molecule has 1 heterocycles. The van der Waals surface area contributed by atoms with Crippen LogP contribution in [0.15, 0.2) is 24.4 Å². The molecule has 0 atom stereocenters. The molecule has 2 N–H and O–H groups in total. The molecule has 3 nitrogen and oxygen atoms in total. The molecule has 0 radical (unpaired) electrons. The number of benzene rings is 1. The maximum absolute atomic E-state index is 6.05. The predicted molar refractivity (Wildman–Crippen MR) is 66.9 cm³/mol. The molecular weight excluding hydrogens is 268 g/mol. The first-order valence-corrected chi connectivity index (χ1v) is 5.45. The van der Waals surface area contributed by atoms with E-state index in [0.29, 0.717) is 26.3 Å². The van der Waals surface area contributed by atoms with Crippen molar-refractivity contribution >= 4 is 40.8 Å². The fourth-order valence-electron chi connectivity index (χ4n) is 1.30. The third kappa shape index (κ3) is 2.21. The van der Waals surface area contributed by atoms with E-state index in [0.717, 1.165) is 0 Å². The van der Waals surface area contributed by atoms with Crippen LogP contribution in [0.5, 0.6) is 0 Å². The summed E-state index contributed by atoms with van der Waals surface area (Å²) in [7, 11) is 0. The van der Waals surface area contributed by atoms with Gasteiger partial charge in [0.1, 0.15) is 0 Å². The summed E-state index contributed by atoms with van der Waals surface area (Å²) in [5.41, 5.74) is 6.66. The second-order valence-electron chi connectivity index (χ2n) is 3.04. The van der Waals surface area contributed by atoms with Gasteiger partial charge in [-0.15, -0.1) is 0 Å². The van der Waals surface area contributed by atoms with E-state index in [9.17, 15) is 0 Å². The monoisotopic (exact) mass is 273 g/mol. The number of nitrogens with zero attached hydrogens (tertiary/aromatic N) is 2. The third-order valence-corrected chi connectivity index (χ3v) is 2.75. The molecule has 0 unspecified atom stereocenters. The van der Waals surface area contributed by atoms with E-state index >= 15 is 0 Å². The van der Waals surface area contributed by atoms with Crippen LogP contribution >= 0.6 is 34.8 Å². The van der Waals surface area contributed by atoms with Crippen molar-refractivity contribution in [3.8, 4) is 11.3 Å². The Hall–Kier alpha value is -1.03. The Morgan fingerprint density at radius 2 is 1.69 bits per heavy atom. The SMILES string of the molecule is Nc1nccc(-c2c(Cl)cc(Cl)cc2Cl)n1. The van der Waals surface area contributed by atoms with E-state index in [2.05, 4.69) is 9.97 Å². The lowest BCUT2D eigenvalue weighted by Gasteiger charge is -2.07. The molecule has 0 saturated carbocycles. The summed E-state index contributed by atoms with van der Waals surface area (Å²) >= 11 is 17.9. The minimum Gasteiger partial charge on any atom is -0.368 e. The van der Waals surface area contributed by atoms with E-state index in [1.165, 1.54) is 0 Å². The van der Waals surface area contributed by atoms with Crippen molar-refractivity contribution in [2.75, 3.05) is 5.73 Å². The molecule has 82 valence electrons. The molecule has 0 spiro atoms. The average molecular weight is 275 g/mol. The van der Waals surface area contributed by atoms with Gasteiger partial charge in [0.2, 0.25) is 5.95 Å². The predicted octanol–water partition coefficient (Wildman–Crippen LogP) is 3.69. The lowest BCUT2D eigenvalue weighted by atomic mass is 10.1. The summed E-state index contributed by atoms with van der Waals surface area (Å²) in [4.78, 5) is 7.85. The summed E-state index contributed by atoms with van der Waals surface area (Å²) in [5, 5.41) is 1.33. The summed E-state index contributed by atoms with van der Waals surface area (Å²) in [5.74, 6) is 0.166. The van der Waals surface area contributed by atoms with Crippen molar-refractivity contribution < 1.29 is 0 Å². The first-order chi connectivity index (χ1) is 7.58. The zero-order valence-corrected chi connectivity index (χ0v) is 10.2. The van der Waals surface area contributed by atoms with Crippen molar-refractivity contribution in [2.45, 2.75) is 0 Å². The normalized spacial score (nSPS) is 10.4. The first-order valence-electron chi connectivity index (χ1n) is 4.31. The second kappa shape index (κ2) is 4.45. The third-order valence-electron chi connectivity index (χ3n) is 1.94. The van der Waals surface area contributed by atoms with Gasteiger partial charge in [-0.3, -0.25) is 0 Å². The molecule has 0 aliphatic carbocycles. The maximum Gasteiger partial charge on any atom is 0.220 e. The van der Waals surface area contributed by atoms with Crippen LogP contribution in [0, 0.1) is 0 Å². The Morgan fingerprint density at radius 1 is 1.06 bits per heavy atom. The van der Waals surface area contributed by atoms with Gasteiger partial charge in [0.15, 0.2) is 0 Å². The number of nitrogens with two attached hydrogens (primary N) is 1. The lowest BCUT2D eigenvalue weighted by molar-refractivity contribution is 1.19. The van der Waals surface area contributed by atoms with Crippen LogP contribution in [0.4, 0.5) is 5.95 Å². The molecule has 0 bridgehead atoms. The quantitative estimate of drug-likeness (QED) is 0.863. The van der Waals surface area contributed by atoms with E-state index in [4.69, 9.17) is 40.5 Å². The van der Waals surface area contributed by atoms with Crippen LogP contribution < -0.4 is 5.73 Å². The largest absolute Gasteiger partial charge is 0.368 e. The van der Waals surface area contributed by atoms with Crippen LogP contribution in [0.2, 0.25) is 15.1 Å². The first kappa shape index (κ1) is 11.5. The van der Waals surface area contributed by atoms with Crippen LogP contribution in [0.3, 0.4) is 0 Å². The number of hydrogen-bond donors (Lipinski definition) is 1. The minimum absolute atomic E-state index is 0.166. The van der Waals surface area contributed by atoms with Gasteiger partial charge < -0.3 is 5.73 Å². The van der Waals surface area contributed by atoms with E-state index in [1.807, 2.05) is 0 Å². The van der Waals surface area contributed by atoms with Gasteiger partial charge in [0.25, 0.3) is 0 Å². The number of rotatable bonds is 1. The average Bonchev–Trinajstić information content (AvgIpc) is 2.15. The fraction of sp³-hybridized carbons (Fsp3) is 0. The van der Waals surface area contributed by atoms with Crippen molar-refractivity contribution in [1.82, 2.24) is 9.97 Å². The zero-order valence-electron chi connectivity index (χ0n) is 7.92. The maximum atomic E-state index is 6.05. The highest BCUT2D eigenvalue weighted by atomic mass is 35.5. The molecular formula is C10H6Cl3N3. The van der Waals surface area contributed by atoms with Gasteiger partial charge in [-0.1, -0.05) is 34.8 Å². The standard InChI is InChI=1S/C10H6Cl3N3/c11-5-3-6(12)9(7(13)4-5)8-1-2-15-10(14)16-8/h1-4H,(H2,14,15,16). The molecule has 1 aromatic heterocycles. The second-order valence-corrected chi connectivity index (χ2v) is 4.30. The van der Waals surface area contributed by atoms with Gasteiger partial charge in [-0.2, -0.15) is 0 Å². The lowest BCUT2D eigenvalue weighted by Crippen LogP contribution is -1.95. The molecule has 0 aliphatic heterocycles. The summed E-state index contributed by atoms with van der Waals surface area (Å²) in [6, 6.07) is 4.88. The number of halogens is 3. The summed E-state index contributed by atoms with van der Waals surface area (Å²) < 4.78 is 0.